The van der Waals surface area contributed by atoms with E-state index in [1.54, 1.807) is 0 Å². The van der Waals surface area contributed by atoms with E-state index in [9.17, 15) is 0 Å². The van der Waals surface area contributed by atoms with Crippen LogP contribution in [0.1, 0.15) is 87.0 Å². The lowest BCUT2D eigenvalue weighted by atomic mass is 9.64. The second-order valence-corrected chi connectivity index (χ2v) is 6.66. The fourth-order valence-electron chi connectivity index (χ4n) is 3.14. The number of hydrogen-bond acceptors (Lipinski definition) is 2. The van der Waals surface area contributed by atoms with Crippen LogP contribution in [0.4, 0.5) is 0 Å². The zero-order chi connectivity index (χ0) is 16.2. The van der Waals surface area contributed by atoms with Gasteiger partial charge in [0.05, 0.1) is 0 Å². The third-order valence-corrected chi connectivity index (χ3v) is 4.26. The molecule has 2 aliphatic rings. The maximum Gasteiger partial charge on any atom is 0.0484 e. The maximum absolute atomic E-state index is 8.83. The summed E-state index contributed by atoms with van der Waals surface area (Å²) in [5, 5.41) is 17.6. The van der Waals surface area contributed by atoms with Crippen LogP contribution < -0.4 is 0 Å². The van der Waals surface area contributed by atoms with Crippen molar-refractivity contribution in [2.24, 2.45) is 16.7 Å². The number of aliphatic hydroxyl groups is 2. The van der Waals surface area contributed by atoms with Crippen molar-refractivity contribution >= 4 is 0 Å². The van der Waals surface area contributed by atoms with Crippen LogP contribution in [0.5, 0.6) is 0 Å². The molecule has 0 radical (unpaired) electrons. The highest BCUT2D eigenvalue weighted by Crippen LogP contribution is 2.44. The molecule has 2 fully saturated rings. The largest absolute Gasteiger partial charge is 0.396 e. The SMILES string of the molecule is CC.CC.CC1(CO)CCCC1.CC1CC(C)(CO)C1. The van der Waals surface area contributed by atoms with Gasteiger partial charge in [0.25, 0.3) is 0 Å². The van der Waals surface area contributed by atoms with E-state index >= 15 is 0 Å². The summed E-state index contributed by atoms with van der Waals surface area (Å²) in [6.45, 7) is 15.3. The first-order valence-corrected chi connectivity index (χ1v) is 8.65. The average Bonchev–Trinajstić information content (AvgIpc) is 2.90. The first-order valence-electron chi connectivity index (χ1n) is 8.65. The standard InChI is InChI=1S/2C7H14O.2C2H6/c1-6-3-7(2,4-6)5-8;1-7(6-8)4-2-3-5-7;2*1-2/h6,8H,3-5H2,1-2H3;8H,2-6H2,1H3;2*1-2H3. The first kappa shape index (κ1) is 22.2. The molecule has 0 bridgehead atoms. The van der Waals surface area contributed by atoms with Gasteiger partial charge in [0, 0.05) is 13.2 Å². The third kappa shape index (κ3) is 8.26. The van der Waals surface area contributed by atoms with Crippen molar-refractivity contribution in [2.45, 2.75) is 87.0 Å². The number of aliphatic hydroxyl groups excluding tert-OH is 2. The van der Waals surface area contributed by atoms with Gasteiger partial charge in [-0.3, -0.25) is 0 Å². The van der Waals surface area contributed by atoms with Gasteiger partial charge in [-0.1, -0.05) is 61.3 Å². The summed E-state index contributed by atoms with van der Waals surface area (Å²) in [7, 11) is 0. The Balaban J connectivity index is 0. The predicted molar refractivity (Wildman–Crippen MR) is 89.9 cm³/mol. The molecule has 0 heterocycles. The zero-order valence-electron chi connectivity index (χ0n) is 15.1. The molecule has 0 saturated heterocycles. The minimum atomic E-state index is 0.291. The quantitative estimate of drug-likeness (QED) is 0.748. The molecule has 0 aliphatic heterocycles. The molecule has 0 aromatic rings. The summed E-state index contributed by atoms with van der Waals surface area (Å²) in [6.07, 6.45) is 7.51. The fourth-order valence-corrected chi connectivity index (χ4v) is 3.14. The smallest absolute Gasteiger partial charge is 0.0484 e. The summed E-state index contributed by atoms with van der Waals surface area (Å²) in [4.78, 5) is 0. The second-order valence-electron chi connectivity index (χ2n) is 6.66. The van der Waals surface area contributed by atoms with Gasteiger partial charge < -0.3 is 10.2 Å². The van der Waals surface area contributed by atoms with Gasteiger partial charge in [0.1, 0.15) is 0 Å². The summed E-state index contributed by atoms with van der Waals surface area (Å²) < 4.78 is 0. The van der Waals surface area contributed by atoms with Crippen molar-refractivity contribution in [3.8, 4) is 0 Å². The van der Waals surface area contributed by atoms with E-state index in [1.807, 2.05) is 27.7 Å². The van der Waals surface area contributed by atoms with E-state index in [2.05, 4.69) is 20.8 Å². The summed E-state index contributed by atoms with van der Waals surface area (Å²) >= 11 is 0. The van der Waals surface area contributed by atoms with E-state index < -0.39 is 0 Å². The van der Waals surface area contributed by atoms with Crippen molar-refractivity contribution in [3.05, 3.63) is 0 Å². The highest BCUT2D eigenvalue weighted by atomic mass is 16.3. The van der Waals surface area contributed by atoms with Crippen LogP contribution in [0.2, 0.25) is 0 Å². The molecular formula is C18H40O2. The second kappa shape index (κ2) is 11.6. The fraction of sp³-hybridized carbons (Fsp3) is 1.00. The molecule has 124 valence electrons. The molecule has 0 spiro atoms. The first-order chi connectivity index (χ1) is 9.43. The van der Waals surface area contributed by atoms with Crippen molar-refractivity contribution in [2.75, 3.05) is 13.2 Å². The molecule has 2 aliphatic carbocycles. The van der Waals surface area contributed by atoms with Gasteiger partial charge in [-0.25, -0.2) is 0 Å². The third-order valence-electron chi connectivity index (χ3n) is 4.26. The van der Waals surface area contributed by atoms with E-state index in [-0.39, 0.29) is 0 Å². The molecule has 0 unspecified atom stereocenters. The van der Waals surface area contributed by atoms with Crippen LogP contribution in [-0.2, 0) is 0 Å². The lowest BCUT2D eigenvalue weighted by molar-refractivity contribution is 0.0197. The van der Waals surface area contributed by atoms with Crippen LogP contribution in [0, 0.1) is 16.7 Å². The van der Waals surface area contributed by atoms with Gasteiger partial charge in [-0.2, -0.15) is 0 Å². The van der Waals surface area contributed by atoms with Gasteiger partial charge >= 0.3 is 0 Å². The molecule has 2 nitrogen and oxygen atoms in total. The Morgan fingerprint density at radius 1 is 0.800 bits per heavy atom. The molecule has 2 saturated carbocycles. The Morgan fingerprint density at radius 2 is 1.15 bits per heavy atom. The Bertz CT molecular complexity index is 201. The summed E-state index contributed by atoms with van der Waals surface area (Å²) in [5.74, 6) is 0.854. The van der Waals surface area contributed by atoms with Crippen molar-refractivity contribution in [1.82, 2.24) is 0 Å². The van der Waals surface area contributed by atoms with Gasteiger partial charge in [-0.05, 0) is 42.4 Å². The Hall–Kier alpha value is -0.0800. The van der Waals surface area contributed by atoms with E-state index in [0.717, 1.165) is 5.92 Å². The molecule has 0 amide bonds. The normalized spacial score (nSPS) is 29.6. The highest BCUT2D eigenvalue weighted by Gasteiger charge is 2.36. The average molecular weight is 289 g/mol. The minimum Gasteiger partial charge on any atom is -0.396 e. The number of rotatable bonds is 2. The molecule has 2 N–H and O–H groups in total. The van der Waals surface area contributed by atoms with Crippen LogP contribution in [0.25, 0.3) is 0 Å². The van der Waals surface area contributed by atoms with Gasteiger partial charge in [0.15, 0.2) is 0 Å². The van der Waals surface area contributed by atoms with Crippen molar-refractivity contribution in [3.63, 3.8) is 0 Å². The maximum atomic E-state index is 8.83. The Morgan fingerprint density at radius 3 is 1.30 bits per heavy atom. The lowest BCUT2D eigenvalue weighted by Crippen LogP contribution is -2.35. The molecule has 0 aromatic carbocycles. The van der Waals surface area contributed by atoms with Crippen molar-refractivity contribution in [1.29, 1.82) is 0 Å². The molecular weight excluding hydrogens is 248 g/mol. The molecule has 0 aromatic heterocycles. The summed E-state index contributed by atoms with van der Waals surface area (Å²) in [6, 6.07) is 0. The zero-order valence-corrected chi connectivity index (χ0v) is 15.1. The lowest BCUT2D eigenvalue weighted by Gasteiger charge is -2.42. The van der Waals surface area contributed by atoms with E-state index in [0.29, 0.717) is 24.0 Å². The van der Waals surface area contributed by atoms with Gasteiger partial charge in [0.2, 0.25) is 0 Å². The summed E-state index contributed by atoms with van der Waals surface area (Å²) in [5.41, 5.74) is 0.583. The van der Waals surface area contributed by atoms with Crippen LogP contribution in [0.3, 0.4) is 0 Å². The monoisotopic (exact) mass is 288 g/mol. The Labute approximate surface area is 128 Å². The minimum absolute atomic E-state index is 0.291. The van der Waals surface area contributed by atoms with Crippen molar-refractivity contribution < 1.29 is 10.2 Å². The van der Waals surface area contributed by atoms with E-state index in [1.165, 1.54) is 38.5 Å². The molecule has 20 heavy (non-hydrogen) atoms. The molecule has 2 heteroatoms. The highest BCUT2D eigenvalue weighted by molar-refractivity contribution is 4.87. The predicted octanol–water partition coefficient (Wildman–Crippen LogP) is 5.03. The van der Waals surface area contributed by atoms with Gasteiger partial charge in [-0.15, -0.1) is 0 Å². The van der Waals surface area contributed by atoms with Crippen LogP contribution >= 0.6 is 0 Å². The molecule has 0 atom stereocenters. The van der Waals surface area contributed by atoms with Crippen LogP contribution in [-0.4, -0.2) is 23.4 Å². The Kier molecular flexibility index (Phi) is 12.8. The number of hydrogen-bond donors (Lipinski definition) is 2. The molecule has 2 rings (SSSR count). The van der Waals surface area contributed by atoms with E-state index in [4.69, 9.17) is 10.2 Å². The topological polar surface area (TPSA) is 40.5 Å². The van der Waals surface area contributed by atoms with Crippen LogP contribution in [0.15, 0.2) is 0 Å².